The Labute approximate surface area is 122 Å². The van der Waals surface area contributed by atoms with Crippen molar-refractivity contribution in [3.63, 3.8) is 0 Å². The third kappa shape index (κ3) is 3.40. The number of halogens is 2. The van der Waals surface area contributed by atoms with Gasteiger partial charge in [-0.1, -0.05) is 34.0 Å². The minimum atomic E-state index is 0.728. The molecule has 100 valence electrons. The van der Waals surface area contributed by atoms with E-state index in [1.807, 2.05) is 18.2 Å². The normalized spacial score (nSPS) is 15.8. The molecule has 1 saturated carbocycles. The number of hydrogen-bond donors (Lipinski definition) is 0. The lowest BCUT2D eigenvalue weighted by molar-refractivity contribution is 0.127. The summed E-state index contributed by atoms with van der Waals surface area (Å²) in [6.07, 6.45) is 3.99. The molecular formula is C14H19BrClNO. The maximum absolute atomic E-state index is 6.08. The fourth-order valence-corrected chi connectivity index (χ4v) is 2.99. The van der Waals surface area contributed by atoms with Crippen LogP contribution in [0, 0.1) is 0 Å². The second-order valence-corrected chi connectivity index (χ2v) is 5.93. The molecule has 18 heavy (non-hydrogen) atoms. The van der Waals surface area contributed by atoms with Gasteiger partial charge in [-0.2, -0.15) is 0 Å². The molecule has 1 aromatic carbocycles. The number of hydrogen-bond acceptors (Lipinski definition) is 2. The maximum atomic E-state index is 6.08. The monoisotopic (exact) mass is 331 g/mol. The molecule has 1 fully saturated rings. The third-order valence-electron chi connectivity index (χ3n) is 3.58. The van der Waals surface area contributed by atoms with Crippen molar-refractivity contribution < 1.29 is 4.74 Å². The minimum absolute atomic E-state index is 0.728. The van der Waals surface area contributed by atoms with Crippen molar-refractivity contribution in [2.75, 3.05) is 19.0 Å². The third-order valence-corrected chi connectivity index (χ3v) is 4.17. The van der Waals surface area contributed by atoms with Crippen molar-refractivity contribution in [2.24, 2.45) is 0 Å². The molecule has 1 aliphatic rings. The SMILES string of the molecule is COc1ccc(Cl)cc1CN(CCBr)C1CCC1. The zero-order chi connectivity index (χ0) is 13.0. The number of methoxy groups -OCH3 is 1. The highest BCUT2D eigenvalue weighted by molar-refractivity contribution is 9.09. The van der Waals surface area contributed by atoms with Gasteiger partial charge in [0.15, 0.2) is 0 Å². The number of nitrogens with zero attached hydrogens (tertiary/aromatic N) is 1. The molecule has 1 aromatic rings. The molecule has 0 atom stereocenters. The largest absolute Gasteiger partial charge is 0.496 e. The van der Waals surface area contributed by atoms with E-state index in [-0.39, 0.29) is 0 Å². The highest BCUT2D eigenvalue weighted by Crippen LogP contribution is 2.29. The number of ether oxygens (including phenoxy) is 1. The Kier molecular flexibility index (Phi) is 5.34. The summed E-state index contributed by atoms with van der Waals surface area (Å²) in [4.78, 5) is 2.52. The molecule has 0 aromatic heterocycles. The highest BCUT2D eigenvalue weighted by atomic mass is 79.9. The lowest BCUT2D eigenvalue weighted by Gasteiger charge is -2.37. The van der Waals surface area contributed by atoms with Gasteiger partial charge in [-0.25, -0.2) is 0 Å². The van der Waals surface area contributed by atoms with E-state index in [1.165, 1.54) is 24.8 Å². The first-order valence-electron chi connectivity index (χ1n) is 6.37. The lowest BCUT2D eigenvalue weighted by Crippen LogP contribution is -2.40. The minimum Gasteiger partial charge on any atom is -0.496 e. The van der Waals surface area contributed by atoms with Crippen LogP contribution in [0.25, 0.3) is 0 Å². The first kappa shape index (κ1) is 14.2. The van der Waals surface area contributed by atoms with Crippen LogP contribution in [-0.4, -0.2) is 29.9 Å². The van der Waals surface area contributed by atoms with E-state index in [0.29, 0.717) is 0 Å². The summed E-state index contributed by atoms with van der Waals surface area (Å²) < 4.78 is 5.41. The average molecular weight is 333 g/mol. The Bertz CT molecular complexity index is 395. The fourth-order valence-electron chi connectivity index (χ4n) is 2.34. The Hall–Kier alpha value is -0.250. The smallest absolute Gasteiger partial charge is 0.123 e. The number of alkyl halides is 1. The predicted octanol–water partition coefficient (Wildman–Crippen LogP) is 4.10. The quantitative estimate of drug-likeness (QED) is 0.727. The summed E-state index contributed by atoms with van der Waals surface area (Å²) in [7, 11) is 1.71. The molecular weight excluding hydrogens is 314 g/mol. The molecule has 0 bridgehead atoms. The Morgan fingerprint density at radius 1 is 1.44 bits per heavy atom. The van der Waals surface area contributed by atoms with Crippen LogP contribution >= 0.6 is 27.5 Å². The predicted molar refractivity (Wildman–Crippen MR) is 79.8 cm³/mol. The van der Waals surface area contributed by atoms with Crippen LogP contribution in [0.2, 0.25) is 5.02 Å². The van der Waals surface area contributed by atoms with Crippen molar-refractivity contribution in [1.29, 1.82) is 0 Å². The van der Waals surface area contributed by atoms with Gasteiger partial charge in [0.1, 0.15) is 5.75 Å². The van der Waals surface area contributed by atoms with Gasteiger partial charge in [0.25, 0.3) is 0 Å². The molecule has 2 nitrogen and oxygen atoms in total. The molecule has 0 aliphatic heterocycles. The van der Waals surface area contributed by atoms with Crippen molar-refractivity contribution in [1.82, 2.24) is 4.90 Å². The van der Waals surface area contributed by atoms with Gasteiger partial charge in [0.2, 0.25) is 0 Å². The maximum Gasteiger partial charge on any atom is 0.123 e. The molecule has 1 aliphatic carbocycles. The van der Waals surface area contributed by atoms with Crippen molar-refractivity contribution in [3.8, 4) is 5.75 Å². The van der Waals surface area contributed by atoms with Gasteiger partial charge < -0.3 is 4.74 Å². The van der Waals surface area contributed by atoms with Gasteiger partial charge in [0, 0.05) is 35.0 Å². The van der Waals surface area contributed by atoms with Crippen LogP contribution in [0.15, 0.2) is 18.2 Å². The van der Waals surface area contributed by atoms with Gasteiger partial charge in [0.05, 0.1) is 7.11 Å². The van der Waals surface area contributed by atoms with Crippen LogP contribution < -0.4 is 4.74 Å². The van der Waals surface area contributed by atoms with Gasteiger partial charge in [-0.15, -0.1) is 0 Å². The second-order valence-electron chi connectivity index (χ2n) is 4.70. The zero-order valence-electron chi connectivity index (χ0n) is 10.7. The summed E-state index contributed by atoms with van der Waals surface area (Å²) in [5.74, 6) is 0.929. The van der Waals surface area contributed by atoms with Crippen LogP contribution in [-0.2, 0) is 6.54 Å². The van der Waals surface area contributed by atoms with Gasteiger partial charge in [-0.3, -0.25) is 4.90 Å². The molecule has 0 heterocycles. The summed E-state index contributed by atoms with van der Waals surface area (Å²) in [5, 5.41) is 1.78. The summed E-state index contributed by atoms with van der Waals surface area (Å²) >= 11 is 9.61. The van der Waals surface area contributed by atoms with Crippen LogP contribution in [0.3, 0.4) is 0 Å². The standard InChI is InChI=1S/C14H19BrClNO/c1-18-14-6-5-12(16)9-11(14)10-17(8-7-15)13-3-2-4-13/h5-6,9,13H,2-4,7-8,10H2,1H3. The van der Waals surface area contributed by atoms with Crippen LogP contribution in [0.1, 0.15) is 24.8 Å². The number of benzene rings is 1. The zero-order valence-corrected chi connectivity index (χ0v) is 13.0. The van der Waals surface area contributed by atoms with E-state index in [1.54, 1.807) is 7.11 Å². The molecule has 4 heteroatoms. The van der Waals surface area contributed by atoms with E-state index in [4.69, 9.17) is 16.3 Å². The van der Waals surface area contributed by atoms with Crippen LogP contribution in [0.4, 0.5) is 0 Å². The van der Waals surface area contributed by atoms with E-state index in [2.05, 4.69) is 20.8 Å². The summed E-state index contributed by atoms with van der Waals surface area (Å²) in [6.45, 7) is 1.99. The number of rotatable bonds is 6. The van der Waals surface area contributed by atoms with E-state index < -0.39 is 0 Å². The second kappa shape index (κ2) is 6.78. The topological polar surface area (TPSA) is 12.5 Å². The first-order valence-corrected chi connectivity index (χ1v) is 7.87. The summed E-state index contributed by atoms with van der Waals surface area (Å²) in [5.41, 5.74) is 1.18. The Morgan fingerprint density at radius 3 is 2.78 bits per heavy atom. The molecule has 0 amide bonds. The molecule has 0 spiro atoms. The van der Waals surface area contributed by atoms with Gasteiger partial charge in [-0.05, 0) is 31.0 Å². The van der Waals surface area contributed by atoms with Crippen molar-refractivity contribution >= 4 is 27.5 Å². The molecule has 0 saturated heterocycles. The van der Waals surface area contributed by atoms with E-state index >= 15 is 0 Å². The Morgan fingerprint density at radius 2 is 2.22 bits per heavy atom. The molecule has 0 N–H and O–H groups in total. The molecule has 2 rings (SSSR count). The summed E-state index contributed by atoms with van der Waals surface area (Å²) in [6, 6.07) is 6.57. The van der Waals surface area contributed by atoms with Crippen LogP contribution in [0.5, 0.6) is 5.75 Å². The van der Waals surface area contributed by atoms with Gasteiger partial charge >= 0.3 is 0 Å². The molecule has 0 unspecified atom stereocenters. The van der Waals surface area contributed by atoms with E-state index in [9.17, 15) is 0 Å². The van der Waals surface area contributed by atoms with Crippen molar-refractivity contribution in [3.05, 3.63) is 28.8 Å². The fraction of sp³-hybridized carbons (Fsp3) is 0.571. The van der Waals surface area contributed by atoms with E-state index in [0.717, 1.165) is 35.2 Å². The van der Waals surface area contributed by atoms with Crippen molar-refractivity contribution in [2.45, 2.75) is 31.8 Å². The highest BCUT2D eigenvalue weighted by Gasteiger charge is 2.25. The lowest BCUT2D eigenvalue weighted by atomic mass is 9.91. The first-order chi connectivity index (χ1) is 8.74. The Balaban J connectivity index is 2.11. The average Bonchev–Trinajstić information content (AvgIpc) is 2.27. The molecule has 0 radical (unpaired) electrons.